The van der Waals surface area contributed by atoms with Gasteiger partial charge in [0.25, 0.3) is 0 Å². The minimum absolute atomic E-state index is 0.0127. The van der Waals surface area contributed by atoms with E-state index in [0.29, 0.717) is 12.1 Å². The number of aromatic amines is 1. The lowest BCUT2D eigenvalue weighted by molar-refractivity contribution is 0.103. The third-order valence-corrected chi connectivity index (χ3v) is 4.21. The number of ether oxygens (including phenoxy) is 1. The molecule has 3 rings (SSSR count). The maximum absolute atomic E-state index is 11.3. The van der Waals surface area contributed by atoms with Crippen LogP contribution in [0, 0.1) is 0 Å². The van der Waals surface area contributed by atoms with Gasteiger partial charge in [0, 0.05) is 24.4 Å². The average molecular weight is 262 g/mol. The van der Waals surface area contributed by atoms with Crippen LogP contribution < -0.4 is 10.9 Å². The summed E-state index contributed by atoms with van der Waals surface area (Å²) in [5.41, 5.74) is 2.41. The summed E-state index contributed by atoms with van der Waals surface area (Å²) in [6.07, 6.45) is 7.25. The van der Waals surface area contributed by atoms with Crippen molar-refractivity contribution in [1.82, 2.24) is 10.3 Å². The van der Waals surface area contributed by atoms with Gasteiger partial charge in [-0.05, 0) is 50.6 Å². The first-order valence-corrected chi connectivity index (χ1v) is 7.40. The van der Waals surface area contributed by atoms with Crippen molar-refractivity contribution in [2.75, 3.05) is 13.2 Å². The average Bonchev–Trinajstić information content (AvgIpc) is 2.92. The van der Waals surface area contributed by atoms with Crippen LogP contribution in [0.25, 0.3) is 0 Å². The summed E-state index contributed by atoms with van der Waals surface area (Å²) < 4.78 is 5.64. The molecule has 1 aromatic rings. The fourth-order valence-electron chi connectivity index (χ4n) is 3.20. The molecule has 0 saturated carbocycles. The third-order valence-electron chi connectivity index (χ3n) is 4.21. The number of fused-ring (bicyclic) bond motifs is 1. The quantitative estimate of drug-likeness (QED) is 0.871. The molecule has 19 heavy (non-hydrogen) atoms. The smallest absolute Gasteiger partial charge is 0.248 e. The molecule has 2 atom stereocenters. The number of pyridine rings is 1. The van der Waals surface area contributed by atoms with Crippen molar-refractivity contribution in [3.05, 3.63) is 33.7 Å². The Morgan fingerprint density at radius 3 is 3.11 bits per heavy atom. The van der Waals surface area contributed by atoms with Crippen molar-refractivity contribution in [2.24, 2.45) is 0 Å². The van der Waals surface area contributed by atoms with E-state index < -0.39 is 0 Å². The van der Waals surface area contributed by atoms with Crippen LogP contribution in [0.15, 0.2) is 16.9 Å². The lowest BCUT2D eigenvalue weighted by Gasteiger charge is -2.26. The van der Waals surface area contributed by atoms with Crippen molar-refractivity contribution >= 4 is 0 Å². The molecule has 0 amide bonds. The number of H-pyrrole nitrogens is 1. The summed E-state index contributed by atoms with van der Waals surface area (Å²) in [4.78, 5) is 14.3. The van der Waals surface area contributed by atoms with Crippen LogP contribution in [-0.4, -0.2) is 24.2 Å². The molecular formula is C15H22N2O2. The van der Waals surface area contributed by atoms with Crippen molar-refractivity contribution in [1.29, 1.82) is 0 Å². The maximum Gasteiger partial charge on any atom is 0.248 e. The Balaban J connectivity index is 1.58. The van der Waals surface area contributed by atoms with Gasteiger partial charge in [-0.15, -0.1) is 0 Å². The summed E-state index contributed by atoms with van der Waals surface area (Å²) >= 11 is 0. The SMILES string of the molecule is O=c1ccc2c([nH]1)CCCC2NCCC1CCCO1. The van der Waals surface area contributed by atoms with E-state index in [4.69, 9.17) is 4.74 Å². The number of rotatable bonds is 4. The number of aromatic nitrogens is 1. The molecule has 1 aromatic heterocycles. The van der Waals surface area contributed by atoms with Gasteiger partial charge in [-0.25, -0.2) is 0 Å². The molecule has 4 heteroatoms. The zero-order chi connectivity index (χ0) is 13.1. The molecule has 2 unspecified atom stereocenters. The van der Waals surface area contributed by atoms with Gasteiger partial charge in [-0.3, -0.25) is 4.79 Å². The number of nitrogens with one attached hydrogen (secondary N) is 2. The van der Waals surface area contributed by atoms with Gasteiger partial charge < -0.3 is 15.0 Å². The van der Waals surface area contributed by atoms with Gasteiger partial charge in [-0.1, -0.05) is 6.07 Å². The fourth-order valence-corrected chi connectivity index (χ4v) is 3.20. The highest BCUT2D eigenvalue weighted by molar-refractivity contribution is 5.26. The predicted octanol–water partition coefficient (Wildman–Crippen LogP) is 1.91. The molecule has 2 heterocycles. The molecule has 0 bridgehead atoms. The lowest BCUT2D eigenvalue weighted by atomic mass is 9.91. The topological polar surface area (TPSA) is 54.1 Å². The van der Waals surface area contributed by atoms with Gasteiger partial charge in [0.1, 0.15) is 0 Å². The Kier molecular flexibility index (Phi) is 3.99. The Labute approximate surface area is 113 Å². The summed E-state index contributed by atoms with van der Waals surface area (Å²) in [6, 6.07) is 4.01. The van der Waals surface area contributed by atoms with E-state index >= 15 is 0 Å². The van der Waals surface area contributed by atoms with Crippen LogP contribution in [0.5, 0.6) is 0 Å². The zero-order valence-electron chi connectivity index (χ0n) is 11.3. The summed E-state index contributed by atoms with van der Waals surface area (Å²) in [6.45, 7) is 1.92. The summed E-state index contributed by atoms with van der Waals surface area (Å²) in [5.74, 6) is 0. The van der Waals surface area contributed by atoms with Crippen LogP contribution in [0.2, 0.25) is 0 Å². The van der Waals surface area contributed by atoms with Crippen LogP contribution in [0.4, 0.5) is 0 Å². The van der Waals surface area contributed by atoms with Gasteiger partial charge in [-0.2, -0.15) is 0 Å². The first-order valence-electron chi connectivity index (χ1n) is 7.40. The van der Waals surface area contributed by atoms with Gasteiger partial charge in [0.2, 0.25) is 5.56 Å². The third kappa shape index (κ3) is 3.07. The Bertz CT molecular complexity index is 477. The molecule has 1 saturated heterocycles. The highest BCUT2D eigenvalue weighted by atomic mass is 16.5. The second-order valence-corrected chi connectivity index (χ2v) is 5.58. The zero-order valence-corrected chi connectivity index (χ0v) is 11.3. The first-order chi connectivity index (χ1) is 9.33. The summed E-state index contributed by atoms with van der Waals surface area (Å²) in [5, 5.41) is 3.62. The van der Waals surface area contributed by atoms with E-state index in [0.717, 1.165) is 44.5 Å². The molecule has 0 spiro atoms. The van der Waals surface area contributed by atoms with Crippen LogP contribution in [-0.2, 0) is 11.2 Å². The fraction of sp³-hybridized carbons (Fsp3) is 0.667. The standard InChI is InChI=1S/C15H22N2O2/c18-15-7-6-12-13(4-1-5-14(12)17-15)16-9-8-11-3-2-10-19-11/h6-7,11,13,16H,1-5,8-10H2,(H,17,18). The van der Waals surface area contributed by atoms with Crippen LogP contribution >= 0.6 is 0 Å². The van der Waals surface area contributed by atoms with Gasteiger partial charge >= 0.3 is 0 Å². The number of aryl methyl sites for hydroxylation is 1. The predicted molar refractivity (Wildman–Crippen MR) is 74.3 cm³/mol. The van der Waals surface area contributed by atoms with E-state index in [1.54, 1.807) is 6.07 Å². The number of hydrogen-bond donors (Lipinski definition) is 2. The van der Waals surface area contributed by atoms with Gasteiger partial charge in [0.05, 0.1) is 6.10 Å². The van der Waals surface area contributed by atoms with Crippen LogP contribution in [0.3, 0.4) is 0 Å². The van der Waals surface area contributed by atoms with Crippen molar-refractivity contribution < 1.29 is 4.74 Å². The van der Waals surface area contributed by atoms with E-state index in [-0.39, 0.29) is 5.56 Å². The molecule has 2 N–H and O–H groups in total. The molecular weight excluding hydrogens is 240 g/mol. The van der Waals surface area contributed by atoms with Crippen molar-refractivity contribution in [2.45, 2.75) is 50.7 Å². The molecule has 1 aliphatic carbocycles. The molecule has 1 aliphatic heterocycles. The second-order valence-electron chi connectivity index (χ2n) is 5.58. The Hall–Kier alpha value is -1.13. The van der Waals surface area contributed by atoms with E-state index in [2.05, 4.69) is 10.3 Å². The van der Waals surface area contributed by atoms with E-state index in [1.807, 2.05) is 6.07 Å². The molecule has 0 radical (unpaired) electrons. The number of hydrogen-bond acceptors (Lipinski definition) is 3. The van der Waals surface area contributed by atoms with Crippen molar-refractivity contribution in [3.8, 4) is 0 Å². The normalized spacial score (nSPS) is 26.3. The minimum Gasteiger partial charge on any atom is -0.378 e. The molecule has 4 nitrogen and oxygen atoms in total. The highest BCUT2D eigenvalue weighted by Gasteiger charge is 2.21. The molecule has 104 valence electrons. The largest absolute Gasteiger partial charge is 0.378 e. The van der Waals surface area contributed by atoms with Gasteiger partial charge in [0.15, 0.2) is 0 Å². The first kappa shape index (κ1) is 12.9. The van der Waals surface area contributed by atoms with Crippen LogP contribution in [0.1, 0.15) is 49.4 Å². The highest BCUT2D eigenvalue weighted by Crippen LogP contribution is 2.27. The van der Waals surface area contributed by atoms with E-state index in [1.165, 1.54) is 18.4 Å². The molecule has 1 fully saturated rings. The minimum atomic E-state index is 0.0127. The van der Waals surface area contributed by atoms with Crippen molar-refractivity contribution in [3.63, 3.8) is 0 Å². The Morgan fingerprint density at radius 1 is 1.32 bits per heavy atom. The molecule has 2 aliphatic rings. The maximum atomic E-state index is 11.3. The monoisotopic (exact) mass is 262 g/mol. The Morgan fingerprint density at radius 2 is 2.26 bits per heavy atom. The second kappa shape index (κ2) is 5.88. The van der Waals surface area contributed by atoms with E-state index in [9.17, 15) is 4.79 Å². The summed E-state index contributed by atoms with van der Waals surface area (Å²) in [7, 11) is 0. The molecule has 0 aromatic carbocycles. The lowest BCUT2D eigenvalue weighted by Crippen LogP contribution is -2.29.